The molecule has 1 aromatic carbocycles. The van der Waals surface area contributed by atoms with Crippen molar-refractivity contribution in [3.05, 3.63) is 46.7 Å². The van der Waals surface area contributed by atoms with E-state index in [4.69, 9.17) is 9.47 Å². The van der Waals surface area contributed by atoms with Crippen LogP contribution in [0.15, 0.2) is 29.5 Å². The minimum absolute atomic E-state index is 0.0398. The molecule has 0 saturated carbocycles. The molecule has 1 aromatic rings. The van der Waals surface area contributed by atoms with E-state index in [1.165, 1.54) is 13.2 Å². The Bertz CT molecular complexity index is 764. The number of hydrogen-bond donors (Lipinski definition) is 1. The lowest BCUT2D eigenvalue weighted by Gasteiger charge is -2.36. The number of ether oxygens (including phenoxy) is 2. The fourth-order valence-electron chi connectivity index (χ4n) is 2.59. The van der Waals surface area contributed by atoms with Gasteiger partial charge >= 0.3 is 12.0 Å². The maximum absolute atomic E-state index is 13.7. The maximum Gasteiger partial charge on any atom is 0.338 e. The zero-order chi connectivity index (χ0) is 20.7. The van der Waals surface area contributed by atoms with Gasteiger partial charge in [0.15, 0.2) is 11.6 Å². The number of benzene rings is 1. The summed E-state index contributed by atoms with van der Waals surface area (Å²) in [5.41, 5.74) is 0.00898. The van der Waals surface area contributed by atoms with Gasteiger partial charge in [0.25, 0.3) is 0 Å². The van der Waals surface area contributed by atoms with Crippen molar-refractivity contribution in [2.24, 2.45) is 0 Å². The van der Waals surface area contributed by atoms with Crippen molar-refractivity contribution in [3.8, 4) is 0 Å². The van der Waals surface area contributed by atoms with Gasteiger partial charge in [0.2, 0.25) is 5.91 Å². The van der Waals surface area contributed by atoms with Gasteiger partial charge < -0.3 is 14.8 Å². The van der Waals surface area contributed by atoms with E-state index in [1.807, 2.05) is 13.8 Å². The second-order valence-electron chi connectivity index (χ2n) is 5.21. The number of hydrogen-bond acceptors (Lipinski definition) is 5. The Morgan fingerprint density at radius 1 is 1.19 bits per heavy atom. The van der Waals surface area contributed by atoms with Crippen LogP contribution in [0.2, 0.25) is 0 Å². The number of carbonyl (C=O) groups is 3. The molecule has 1 heterocycles. The molecule has 0 aliphatic carbocycles. The quantitative estimate of drug-likeness (QED) is 0.807. The van der Waals surface area contributed by atoms with Crippen LogP contribution in [-0.4, -0.2) is 43.6 Å². The second kappa shape index (κ2) is 9.77. The SMILES string of the molecule is CC.COCC1=C(C(=O)OC)[C@H](c2ccc(F)c(F)c2)N(C(C)=O)C(=O)N1. The lowest BCUT2D eigenvalue weighted by Crippen LogP contribution is -2.51. The molecule has 0 radical (unpaired) electrons. The van der Waals surface area contributed by atoms with Crippen molar-refractivity contribution >= 4 is 17.9 Å². The van der Waals surface area contributed by atoms with Crippen LogP contribution >= 0.6 is 0 Å². The largest absolute Gasteiger partial charge is 0.466 e. The highest BCUT2D eigenvalue weighted by Crippen LogP contribution is 2.35. The van der Waals surface area contributed by atoms with Gasteiger partial charge in [0, 0.05) is 14.0 Å². The lowest BCUT2D eigenvalue weighted by atomic mass is 9.93. The number of nitrogens with zero attached hydrogens (tertiary/aromatic N) is 1. The molecule has 2 rings (SSSR count). The van der Waals surface area contributed by atoms with Crippen LogP contribution in [0.1, 0.15) is 32.4 Å². The molecule has 148 valence electrons. The number of rotatable bonds is 4. The molecule has 0 unspecified atom stereocenters. The monoisotopic (exact) mass is 384 g/mol. The molecule has 0 saturated heterocycles. The van der Waals surface area contributed by atoms with E-state index in [0.717, 1.165) is 31.1 Å². The Morgan fingerprint density at radius 3 is 2.30 bits per heavy atom. The number of urea groups is 1. The number of methoxy groups -OCH3 is 2. The van der Waals surface area contributed by atoms with Gasteiger partial charge in [-0.05, 0) is 17.7 Å². The van der Waals surface area contributed by atoms with Crippen LogP contribution < -0.4 is 5.32 Å². The number of halogens is 2. The van der Waals surface area contributed by atoms with Gasteiger partial charge in [-0.2, -0.15) is 0 Å². The summed E-state index contributed by atoms with van der Waals surface area (Å²) in [6, 6.07) is 0.758. The average Bonchev–Trinajstić information content (AvgIpc) is 2.64. The van der Waals surface area contributed by atoms with E-state index in [2.05, 4.69) is 5.32 Å². The molecule has 9 heteroatoms. The van der Waals surface area contributed by atoms with Crippen LogP contribution in [-0.2, 0) is 19.1 Å². The summed E-state index contributed by atoms with van der Waals surface area (Å²) in [6.07, 6.45) is 0. The first-order chi connectivity index (χ1) is 12.8. The summed E-state index contributed by atoms with van der Waals surface area (Å²) >= 11 is 0. The van der Waals surface area contributed by atoms with Crippen molar-refractivity contribution in [2.75, 3.05) is 20.8 Å². The molecule has 1 N–H and O–H groups in total. The third-order valence-corrected chi connectivity index (χ3v) is 3.63. The Hall–Kier alpha value is -2.81. The second-order valence-corrected chi connectivity index (χ2v) is 5.21. The predicted molar refractivity (Wildman–Crippen MR) is 92.4 cm³/mol. The summed E-state index contributed by atoms with van der Waals surface area (Å²) in [6.45, 7) is 4.96. The average molecular weight is 384 g/mol. The molecule has 0 bridgehead atoms. The summed E-state index contributed by atoms with van der Waals surface area (Å²) in [5, 5.41) is 2.39. The molecule has 1 aliphatic heterocycles. The van der Waals surface area contributed by atoms with Crippen LogP contribution in [0.25, 0.3) is 0 Å². The van der Waals surface area contributed by atoms with Crippen molar-refractivity contribution in [3.63, 3.8) is 0 Å². The smallest absolute Gasteiger partial charge is 0.338 e. The van der Waals surface area contributed by atoms with E-state index in [0.29, 0.717) is 0 Å². The van der Waals surface area contributed by atoms with E-state index >= 15 is 0 Å². The van der Waals surface area contributed by atoms with E-state index in [9.17, 15) is 23.2 Å². The Balaban J connectivity index is 0.00000176. The normalized spacial score (nSPS) is 16.3. The molecule has 1 aliphatic rings. The van der Waals surface area contributed by atoms with E-state index < -0.39 is 35.6 Å². The maximum atomic E-state index is 13.7. The Labute approximate surface area is 155 Å². The molecule has 0 aromatic heterocycles. The number of nitrogens with one attached hydrogen (secondary N) is 1. The minimum Gasteiger partial charge on any atom is -0.466 e. The van der Waals surface area contributed by atoms with Gasteiger partial charge in [-0.1, -0.05) is 19.9 Å². The van der Waals surface area contributed by atoms with Gasteiger partial charge in [-0.3, -0.25) is 9.69 Å². The van der Waals surface area contributed by atoms with Crippen molar-refractivity contribution in [1.82, 2.24) is 10.2 Å². The molecule has 27 heavy (non-hydrogen) atoms. The number of carbonyl (C=O) groups excluding carboxylic acids is 3. The Morgan fingerprint density at radius 2 is 1.81 bits per heavy atom. The van der Waals surface area contributed by atoms with Gasteiger partial charge in [0.05, 0.1) is 25.0 Å². The van der Waals surface area contributed by atoms with Gasteiger partial charge in [-0.25, -0.2) is 18.4 Å². The molecule has 3 amide bonds. The summed E-state index contributed by atoms with van der Waals surface area (Å²) in [4.78, 5) is 37.3. The summed E-state index contributed by atoms with van der Waals surface area (Å²) in [5.74, 6) is -3.80. The molecule has 1 atom stereocenters. The third-order valence-electron chi connectivity index (χ3n) is 3.63. The zero-order valence-electron chi connectivity index (χ0n) is 15.8. The minimum atomic E-state index is -1.28. The molecule has 0 fully saturated rings. The van der Waals surface area contributed by atoms with Crippen LogP contribution in [0.4, 0.5) is 13.6 Å². The molecule has 7 nitrogen and oxygen atoms in total. The lowest BCUT2D eigenvalue weighted by molar-refractivity contribution is -0.137. The first kappa shape index (κ1) is 22.2. The molecule has 0 spiro atoms. The third kappa shape index (κ3) is 4.68. The highest BCUT2D eigenvalue weighted by Gasteiger charge is 2.41. The fraction of sp³-hybridized carbons (Fsp3) is 0.389. The zero-order valence-corrected chi connectivity index (χ0v) is 15.8. The van der Waals surface area contributed by atoms with Crippen molar-refractivity contribution < 1.29 is 32.6 Å². The van der Waals surface area contributed by atoms with Crippen LogP contribution in [0, 0.1) is 11.6 Å². The topological polar surface area (TPSA) is 84.9 Å². The van der Waals surface area contributed by atoms with Crippen LogP contribution in [0.3, 0.4) is 0 Å². The van der Waals surface area contributed by atoms with Gasteiger partial charge in [-0.15, -0.1) is 0 Å². The first-order valence-corrected chi connectivity index (χ1v) is 8.17. The first-order valence-electron chi connectivity index (χ1n) is 8.17. The highest BCUT2D eigenvalue weighted by molar-refractivity contribution is 6.01. The summed E-state index contributed by atoms with van der Waals surface area (Å²) in [7, 11) is 2.47. The van der Waals surface area contributed by atoms with Crippen molar-refractivity contribution in [2.45, 2.75) is 26.8 Å². The highest BCUT2D eigenvalue weighted by atomic mass is 19.2. The number of imide groups is 1. The van der Waals surface area contributed by atoms with E-state index in [-0.39, 0.29) is 23.4 Å². The van der Waals surface area contributed by atoms with Crippen LogP contribution in [0.5, 0.6) is 0 Å². The number of amides is 3. The molecular weight excluding hydrogens is 362 g/mol. The van der Waals surface area contributed by atoms with E-state index in [1.54, 1.807) is 0 Å². The van der Waals surface area contributed by atoms with Gasteiger partial charge in [0.1, 0.15) is 6.04 Å². The summed E-state index contributed by atoms with van der Waals surface area (Å²) < 4.78 is 36.6. The molecular formula is C18H22F2N2O5. The fourth-order valence-corrected chi connectivity index (χ4v) is 2.59. The Kier molecular flexibility index (Phi) is 8.04. The standard InChI is InChI=1S/C16H16F2N2O5.C2H6/c1-8(21)20-14(9-4-5-10(17)11(18)6-9)13(15(22)25-3)12(7-24-2)19-16(20)23;1-2/h4-6,14H,7H2,1-3H3,(H,19,23);1-2H3/t14-;/m0./s1. The number of esters is 1. The predicted octanol–water partition coefficient (Wildman–Crippen LogP) is 2.68. The van der Waals surface area contributed by atoms with Crippen molar-refractivity contribution in [1.29, 1.82) is 0 Å².